The first-order chi connectivity index (χ1) is 14.9. The lowest BCUT2D eigenvalue weighted by molar-refractivity contribution is 0.00468. The van der Waals surface area contributed by atoms with Crippen LogP contribution in [-0.4, -0.2) is 27.0 Å². The Morgan fingerprint density at radius 1 is 1.19 bits per heavy atom. The molecule has 0 aliphatic heterocycles. The van der Waals surface area contributed by atoms with E-state index in [-0.39, 0.29) is 17.3 Å². The Labute approximate surface area is 184 Å². The molecule has 6 nitrogen and oxygen atoms in total. The van der Waals surface area contributed by atoms with E-state index in [1.807, 2.05) is 24.3 Å². The van der Waals surface area contributed by atoms with Gasteiger partial charge in [0.15, 0.2) is 0 Å². The maximum absolute atomic E-state index is 12.6. The number of carbonyl (C=O) groups is 1. The van der Waals surface area contributed by atoms with Crippen LogP contribution in [0.2, 0.25) is 0 Å². The molecule has 2 aromatic rings. The minimum Gasteiger partial charge on any atom is -0.374 e. The number of ether oxygens (including phenoxy) is 1. The molecule has 0 saturated heterocycles. The number of rotatable bonds is 8. The zero-order valence-electron chi connectivity index (χ0n) is 17.6. The molecule has 0 bridgehead atoms. The summed E-state index contributed by atoms with van der Waals surface area (Å²) in [7, 11) is -3.69. The molecule has 0 aromatic heterocycles. The molecule has 1 aliphatic carbocycles. The molecule has 31 heavy (non-hydrogen) atoms. The largest absolute Gasteiger partial charge is 0.374 e. The van der Waals surface area contributed by atoms with Crippen molar-refractivity contribution in [3.8, 4) is 12.3 Å². The number of hydrogen-bond acceptors (Lipinski definition) is 4. The van der Waals surface area contributed by atoms with Crippen molar-refractivity contribution in [2.45, 2.75) is 50.2 Å². The second-order valence-electron chi connectivity index (χ2n) is 7.91. The molecule has 3 rings (SSSR count). The van der Waals surface area contributed by atoms with Crippen LogP contribution in [0.25, 0.3) is 0 Å². The van der Waals surface area contributed by atoms with E-state index in [1.54, 1.807) is 0 Å². The lowest BCUT2D eigenvalue weighted by Gasteiger charge is -2.26. The third-order valence-electron chi connectivity index (χ3n) is 5.35. The van der Waals surface area contributed by atoms with Crippen molar-refractivity contribution >= 4 is 21.6 Å². The number of anilines is 1. The minimum absolute atomic E-state index is 0.0514. The quantitative estimate of drug-likeness (QED) is 0.609. The highest BCUT2D eigenvalue weighted by Gasteiger charge is 2.19. The molecule has 2 unspecified atom stereocenters. The molecule has 1 fully saturated rings. The number of carbonyl (C=O) groups excluding carboxylic acids is 1. The van der Waals surface area contributed by atoms with Crippen molar-refractivity contribution in [3.63, 3.8) is 0 Å². The normalized spacial score (nSPS) is 18.8. The number of nitrogens with one attached hydrogen (secondary N) is 2. The van der Waals surface area contributed by atoms with Crippen LogP contribution in [0, 0.1) is 18.3 Å². The van der Waals surface area contributed by atoms with Gasteiger partial charge < -0.3 is 10.1 Å². The maximum Gasteiger partial charge on any atom is 0.255 e. The number of hydrogen-bond donors (Lipinski definition) is 2. The molecule has 0 heterocycles. The van der Waals surface area contributed by atoms with E-state index in [4.69, 9.17) is 11.2 Å². The predicted octanol–water partition coefficient (Wildman–Crippen LogP) is 3.95. The third-order valence-corrected chi connectivity index (χ3v) is 6.77. The zero-order valence-corrected chi connectivity index (χ0v) is 18.5. The van der Waals surface area contributed by atoms with Crippen LogP contribution in [0.4, 0.5) is 5.69 Å². The van der Waals surface area contributed by atoms with E-state index < -0.39 is 10.0 Å². The summed E-state index contributed by atoms with van der Waals surface area (Å²) in [5.74, 6) is 2.61. The highest BCUT2D eigenvalue weighted by Crippen LogP contribution is 2.26. The molecule has 0 radical (unpaired) electrons. The molecule has 2 N–H and O–H groups in total. The van der Waals surface area contributed by atoms with Crippen molar-refractivity contribution in [1.29, 1.82) is 0 Å². The van der Waals surface area contributed by atoms with Crippen LogP contribution in [-0.2, 0) is 21.4 Å². The second kappa shape index (κ2) is 10.6. The lowest BCUT2D eigenvalue weighted by atomic mass is 9.89. The SMILES string of the molecule is C#CCNS(=O)(=O)c1ccc(C(=O)Nc2cccc(COC3CCCC(C)C3)c2)cc1. The Morgan fingerprint density at radius 2 is 1.97 bits per heavy atom. The van der Waals surface area contributed by atoms with E-state index in [0.29, 0.717) is 29.9 Å². The average Bonchev–Trinajstić information content (AvgIpc) is 2.77. The smallest absolute Gasteiger partial charge is 0.255 e. The average molecular weight is 441 g/mol. The minimum atomic E-state index is -3.69. The Hall–Kier alpha value is -2.66. The van der Waals surface area contributed by atoms with E-state index in [2.05, 4.69) is 22.9 Å². The Kier molecular flexibility index (Phi) is 7.85. The van der Waals surface area contributed by atoms with Crippen LogP contribution in [0.1, 0.15) is 48.5 Å². The highest BCUT2D eigenvalue weighted by molar-refractivity contribution is 7.89. The van der Waals surface area contributed by atoms with Gasteiger partial charge in [-0.2, -0.15) is 4.72 Å². The third kappa shape index (κ3) is 6.66. The van der Waals surface area contributed by atoms with Crippen LogP contribution in [0.5, 0.6) is 0 Å². The fourth-order valence-electron chi connectivity index (χ4n) is 3.69. The lowest BCUT2D eigenvalue weighted by Crippen LogP contribution is -2.24. The van der Waals surface area contributed by atoms with E-state index in [0.717, 1.165) is 18.4 Å². The van der Waals surface area contributed by atoms with E-state index >= 15 is 0 Å². The Morgan fingerprint density at radius 3 is 2.68 bits per heavy atom. The van der Waals surface area contributed by atoms with E-state index in [9.17, 15) is 13.2 Å². The highest BCUT2D eigenvalue weighted by atomic mass is 32.2. The van der Waals surface area contributed by atoms with Crippen LogP contribution in [0.3, 0.4) is 0 Å². The molecular formula is C24H28N2O4S. The van der Waals surface area contributed by atoms with Gasteiger partial charge >= 0.3 is 0 Å². The van der Waals surface area contributed by atoms with Gasteiger partial charge in [-0.15, -0.1) is 6.42 Å². The molecule has 1 amide bonds. The number of terminal acetylenes is 1. The first kappa shape index (κ1) is 23.0. The summed E-state index contributed by atoms with van der Waals surface area (Å²) in [5.41, 5.74) is 2.02. The van der Waals surface area contributed by atoms with Gasteiger partial charge in [-0.3, -0.25) is 4.79 Å². The molecule has 164 valence electrons. The van der Waals surface area contributed by atoms with Gasteiger partial charge in [0.2, 0.25) is 10.0 Å². The number of sulfonamides is 1. The molecule has 1 saturated carbocycles. The number of amides is 1. The maximum atomic E-state index is 12.6. The van der Waals surface area contributed by atoms with Crippen molar-refractivity contribution in [3.05, 3.63) is 59.7 Å². The van der Waals surface area contributed by atoms with Gasteiger partial charge in [0.1, 0.15) is 0 Å². The van der Waals surface area contributed by atoms with Gasteiger partial charge in [0.05, 0.1) is 24.2 Å². The Balaban J connectivity index is 1.59. The Bertz CT molecular complexity index is 1040. The first-order valence-electron chi connectivity index (χ1n) is 10.4. The van der Waals surface area contributed by atoms with Gasteiger partial charge in [0, 0.05) is 11.3 Å². The van der Waals surface area contributed by atoms with Crippen molar-refractivity contribution in [2.75, 3.05) is 11.9 Å². The van der Waals surface area contributed by atoms with Crippen molar-refractivity contribution < 1.29 is 17.9 Å². The van der Waals surface area contributed by atoms with Crippen molar-refractivity contribution in [1.82, 2.24) is 4.72 Å². The summed E-state index contributed by atoms with van der Waals surface area (Å²) in [6.45, 7) is 2.68. The fourth-order valence-corrected chi connectivity index (χ4v) is 4.63. The molecule has 0 spiro atoms. The molecule has 7 heteroatoms. The summed E-state index contributed by atoms with van der Waals surface area (Å²) >= 11 is 0. The summed E-state index contributed by atoms with van der Waals surface area (Å²) in [5, 5.41) is 2.85. The first-order valence-corrected chi connectivity index (χ1v) is 11.9. The van der Waals surface area contributed by atoms with Gasteiger partial charge in [-0.1, -0.05) is 37.8 Å². The standard InChI is InChI=1S/C24H28N2O4S/c1-3-14-25-31(28,29)23-12-10-20(11-13-23)24(27)26-21-8-5-7-19(16-21)17-30-22-9-4-6-18(2)15-22/h1,5,7-8,10-13,16,18,22,25H,4,6,9,14-15,17H2,2H3,(H,26,27). The molecule has 1 aliphatic rings. The zero-order chi connectivity index (χ0) is 22.3. The number of benzene rings is 2. The topological polar surface area (TPSA) is 84.5 Å². The van der Waals surface area contributed by atoms with Crippen LogP contribution in [0.15, 0.2) is 53.4 Å². The van der Waals surface area contributed by atoms with E-state index in [1.165, 1.54) is 37.1 Å². The van der Waals surface area contributed by atoms with Gasteiger partial charge in [-0.05, 0) is 60.7 Å². The molecule has 2 atom stereocenters. The second-order valence-corrected chi connectivity index (χ2v) is 9.68. The van der Waals surface area contributed by atoms with Crippen molar-refractivity contribution in [2.24, 2.45) is 5.92 Å². The summed E-state index contributed by atoms with van der Waals surface area (Å²) in [6.07, 6.45) is 10.1. The van der Waals surface area contributed by atoms with Gasteiger partial charge in [-0.25, -0.2) is 8.42 Å². The summed E-state index contributed by atoms with van der Waals surface area (Å²) in [4.78, 5) is 12.6. The molecule has 2 aromatic carbocycles. The van der Waals surface area contributed by atoms with Gasteiger partial charge in [0.25, 0.3) is 5.91 Å². The summed E-state index contributed by atoms with van der Waals surface area (Å²) in [6, 6.07) is 13.3. The summed E-state index contributed by atoms with van der Waals surface area (Å²) < 4.78 is 32.5. The van der Waals surface area contributed by atoms with Crippen LogP contribution < -0.4 is 10.0 Å². The molecular weight excluding hydrogens is 412 g/mol. The van der Waals surface area contributed by atoms with Crippen LogP contribution >= 0.6 is 0 Å². The predicted molar refractivity (Wildman–Crippen MR) is 121 cm³/mol. The monoisotopic (exact) mass is 440 g/mol. The fraction of sp³-hybridized carbons (Fsp3) is 0.375.